The Kier molecular flexibility index (Phi) is 5.16. The number of hydrogen-bond acceptors (Lipinski definition) is 4. The van der Waals surface area contributed by atoms with Crippen LogP contribution in [0.25, 0.3) is 0 Å². The molecule has 2 amide bonds. The predicted molar refractivity (Wildman–Crippen MR) is 93.0 cm³/mol. The van der Waals surface area contributed by atoms with E-state index >= 15 is 0 Å². The molecule has 2 aromatic rings. The Labute approximate surface area is 147 Å². The number of amides is 2. The minimum Gasteiger partial charge on any atom is -0.361 e. The molecule has 0 radical (unpaired) electrons. The molecular weight excluding hydrogens is 318 g/mol. The van der Waals surface area contributed by atoms with Gasteiger partial charge in [0.25, 0.3) is 5.91 Å². The van der Waals surface area contributed by atoms with Crippen LogP contribution in [0, 0.1) is 0 Å². The van der Waals surface area contributed by atoms with Crippen LogP contribution in [0.15, 0.2) is 40.9 Å². The van der Waals surface area contributed by atoms with Crippen LogP contribution in [0.1, 0.15) is 48.1 Å². The maximum atomic E-state index is 12.8. The van der Waals surface area contributed by atoms with E-state index in [0.29, 0.717) is 25.3 Å². The molecule has 1 aliphatic rings. The molecular formula is C19H23N3O3. The topological polar surface area (TPSA) is 66.7 Å². The van der Waals surface area contributed by atoms with E-state index in [1.54, 1.807) is 17.9 Å². The zero-order chi connectivity index (χ0) is 17.8. The fourth-order valence-electron chi connectivity index (χ4n) is 3.24. The summed E-state index contributed by atoms with van der Waals surface area (Å²) in [6.07, 6.45) is 1.71. The highest BCUT2D eigenvalue weighted by atomic mass is 16.5. The van der Waals surface area contributed by atoms with Gasteiger partial charge >= 0.3 is 0 Å². The van der Waals surface area contributed by atoms with E-state index in [0.717, 1.165) is 24.2 Å². The summed E-state index contributed by atoms with van der Waals surface area (Å²) in [6, 6.07) is 11.4. The Hall–Kier alpha value is -2.63. The Morgan fingerprint density at radius 1 is 1.24 bits per heavy atom. The molecule has 0 unspecified atom stereocenters. The summed E-state index contributed by atoms with van der Waals surface area (Å²) in [5.74, 6) is 0.607. The molecule has 6 nitrogen and oxygen atoms in total. The molecule has 1 aromatic carbocycles. The second kappa shape index (κ2) is 7.51. The van der Waals surface area contributed by atoms with E-state index < -0.39 is 0 Å². The van der Waals surface area contributed by atoms with Gasteiger partial charge < -0.3 is 14.3 Å². The maximum absolute atomic E-state index is 12.8. The molecule has 0 saturated carbocycles. The van der Waals surface area contributed by atoms with Crippen molar-refractivity contribution in [2.24, 2.45) is 0 Å². The van der Waals surface area contributed by atoms with Crippen molar-refractivity contribution in [3.63, 3.8) is 0 Å². The summed E-state index contributed by atoms with van der Waals surface area (Å²) < 4.78 is 5.23. The number of piperazine rings is 1. The van der Waals surface area contributed by atoms with Crippen LogP contribution in [0.5, 0.6) is 0 Å². The van der Waals surface area contributed by atoms with E-state index in [-0.39, 0.29) is 17.9 Å². The zero-order valence-corrected chi connectivity index (χ0v) is 14.6. The monoisotopic (exact) mass is 341 g/mol. The average Bonchev–Trinajstić information content (AvgIpc) is 3.10. The summed E-state index contributed by atoms with van der Waals surface area (Å²) in [7, 11) is 0. The summed E-state index contributed by atoms with van der Waals surface area (Å²) >= 11 is 0. The van der Waals surface area contributed by atoms with Crippen LogP contribution in [-0.2, 0) is 11.2 Å². The fourth-order valence-corrected chi connectivity index (χ4v) is 3.24. The SMILES string of the molecule is CCCc1cc(C(=O)N2CCN(C(C)=O)[C@@H](c3ccccc3)C2)no1. The van der Waals surface area contributed by atoms with E-state index in [9.17, 15) is 9.59 Å². The van der Waals surface area contributed by atoms with Gasteiger partial charge in [-0.3, -0.25) is 9.59 Å². The summed E-state index contributed by atoms with van der Waals surface area (Å²) in [6.45, 7) is 5.09. The van der Waals surface area contributed by atoms with Crippen molar-refractivity contribution < 1.29 is 14.1 Å². The van der Waals surface area contributed by atoms with Crippen LogP contribution < -0.4 is 0 Å². The summed E-state index contributed by atoms with van der Waals surface area (Å²) in [4.78, 5) is 28.3. The molecule has 1 fully saturated rings. The van der Waals surface area contributed by atoms with Gasteiger partial charge in [-0.15, -0.1) is 0 Å². The van der Waals surface area contributed by atoms with E-state index in [1.807, 2.05) is 35.2 Å². The lowest BCUT2D eigenvalue weighted by Crippen LogP contribution is -2.51. The Bertz CT molecular complexity index is 741. The van der Waals surface area contributed by atoms with E-state index in [1.165, 1.54) is 0 Å². The van der Waals surface area contributed by atoms with Crippen molar-refractivity contribution in [3.05, 3.63) is 53.4 Å². The van der Waals surface area contributed by atoms with Crippen LogP contribution in [0.4, 0.5) is 0 Å². The Morgan fingerprint density at radius 3 is 2.68 bits per heavy atom. The van der Waals surface area contributed by atoms with Gasteiger partial charge in [0.1, 0.15) is 5.76 Å². The molecule has 25 heavy (non-hydrogen) atoms. The molecule has 0 bridgehead atoms. The molecule has 1 saturated heterocycles. The predicted octanol–water partition coefficient (Wildman–Crippen LogP) is 2.67. The van der Waals surface area contributed by atoms with Gasteiger partial charge in [-0.05, 0) is 12.0 Å². The molecule has 1 atom stereocenters. The highest BCUT2D eigenvalue weighted by molar-refractivity contribution is 5.92. The first-order chi connectivity index (χ1) is 12.1. The lowest BCUT2D eigenvalue weighted by Gasteiger charge is -2.41. The van der Waals surface area contributed by atoms with Crippen molar-refractivity contribution >= 4 is 11.8 Å². The molecule has 1 aromatic heterocycles. The minimum absolute atomic E-state index is 0.0209. The van der Waals surface area contributed by atoms with Crippen molar-refractivity contribution in [2.75, 3.05) is 19.6 Å². The first-order valence-corrected chi connectivity index (χ1v) is 8.67. The normalized spacial score (nSPS) is 17.6. The standard InChI is InChI=1S/C19H23N3O3/c1-3-7-16-12-17(20-25-16)19(24)21-10-11-22(14(2)23)18(13-21)15-8-5-4-6-9-15/h4-6,8-9,12,18H,3,7,10-11,13H2,1-2H3/t18-/m1/s1. The molecule has 0 N–H and O–H groups in total. The number of nitrogens with zero attached hydrogens (tertiary/aromatic N) is 3. The van der Waals surface area contributed by atoms with Crippen molar-refractivity contribution in [1.82, 2.24) is 15.0 Å². The Morgan fingerprint density at radius 2 is 2.00 bits per heavy atom. The number of rotatable bonds is 4. The van der Waals surface area contributed by atoms with Gasteiger partial charge in [0.05, 0.1) is 6.04 Å². The highest BCUT2D eigenvalue weighted by Crippen LogP contribution is 2.26. The number of carbonyl (C=O) groups excluding carboxylic acids is 2. The lowest BCUT2D eigenvalue weighted by atomic mass is 10.0. The number of hydrogen-bond donors (Lipinski definition) is 0. The number of aromatic nitrogens is 1. The molecule has 6 heteroatoms. The fraction of sp³-hybridized carbons (Fsp3) is 0.421. The van der Waals surface area contributed by atoms with Crippen molar-refractivity contribution in [2.45, 2.75) is 32.7 Å². The first kappa shape index (κ1) is 17.2. The zero-order valence-electron chi connectivity index (χ0n) is 14.6. The number of carbonyl (C=O) groups is 2. The third-order valence-electron chi connectivity index (χ3n) is 4.53. The summed E-state index contributed by atoms with van der Waals surface area (Å²) in [5.41, 5.74) is 1.37. The molecule has 0 aliphatic carbocycles. The van der Waals surface area contributed by atoms with Crippen LogP contribution in [-0.4, -0.2) is 46.4 Å². The average molecular weight is 341 g/mol. The largest absolute Gasteiger partial charge is 0.361 e. The van der Waals surface area contributed by atoms with Crippen LogP contribution in [0.2, 0.25) is 0 Å². The quantitative estimate of drug-likeness (QED) is 0.857. The minimum atomic E-state index is -0.143. The molecule has 2 heterocycles. The van der Waals surface area contributed by atoms with Gasteiger partial charge in [0.2, 0.25) is 5.91 Å². The third-order valence-corrected chi connectivity index (χ3v) is 4.53. The number of aryl methyl sites for hydroxylation is 1. The van der Waals surface area contributed by atoms with Gasteiger partial charge in [0.15, 0.2) is 5.69 Å². The van der Waals surface area contributed by atoms with Crippen molar-refractivity contribution in [3.8, 4) is 0 Å². The maximum Gasteiger partial charge on any atom is 0.276 e. The summed E-state index contributed by atoms with van der Waals surface area (Å²) in [5, 5.41) is 3.92. The smallest absolute Gasteiger partial charge is 0.276 e. The van der Waals surface area contributed by atoms with E-state index in [2.05, 4.69) is 12.1 Å². The molecule has 1 aliphatic heterocycles. The van der Waals surface area contributed by atoms with Gasteiger partial charge in [-0.25, -0.2) is 0 Å². The number of benzene rings is 1. The highest BCUT2D eigenvalue weighted by Gasteiger charge is 2.33. The molecule has 132 valence electrons. The second-order valence-electron chi connectivity index (χ2n) is 6.32. The Balaban J connectivity index is 1.79. The van der Waals surface area contributed by atoms with Gasteiger partial charge in [-0.2, -0.15) is 0 Å². The lowest BCUT2D eigenvalue weighted by molar-refractivity contribution is -0.133. The van der Waals surface area contributed by atoms with Crippen molar-refractivity contribution in [1.29, 1.82) is 0 Å². The third kappa shape index (κ3) is 3.73. The first-order valence-electron chi connectivity index (χ1n) is 8.67. The second-order valence-corrected chi connectivity index (χ2v) is 6.32. The molecule has 3 rings (SSSR count). The van der Waals surface area contributed by atoms with Crippen LogP contribution in [0.3, 0.4) is 0 Å². The van der Waals surface area contributed by atoms with Gasteiger partial charge in [0, 0.05) is 39.0 Å². The van der Waals surface area contributed by atoms with Crippen LogP contribution >= 0.6 is 0 Å². The van der Waals surface area contributed by atoms with Gasteiger partial charge in [-0.1, -0.05) is 42.4 Å². The molecule has 0 spiro atoms. The van der Waals surface area contributed by atoms with E-state index in [4.69, 9.17) is 4.52 Å².